The van der Waals surface area contributed by atoms with Crippen molar-refractivity contribution in [2.45, 2.75) is 78.2 Å². The van der Waals surface area contributed by atoms with E-state index in [2.05, 4.69) is 29.1 Å². The molecule has 5 aromatic rings. The van der Waals surface area contributed by atoms with Crippen LogP contribution in [0, 0.1) is 51.3 Å². The fourth-order valence-electron chi connectivity index (χ4n) is 7.88. The number of ketones is 4. The number of halogens is 1. The summed E-state index contributed by atoms with van der Waals surface area (Å²) in [6, 6.07) is 20.0. The Morgan fingerprint density at radius 1 is 0.800 bits per heavy atom. The number of benzene rings is 2. The van der Waals surface area contributed by atoms with Crippen LogP contribution in [-0.2, 0) is 30.3 Å². The Hall–Kier alpha value is -5.00. The maximum absolute atomic E-state index is 13.0. The summed E-state index contributed by atoms with van der Waals surface area (Å²) in [5.74, 6) is -1.36. The van der Waals surface area contributed by atoms with Crippen LogP contribution in [0.5, 0.6) is 0 Å². The van der Waals surface area contributed by atoms with Gasteiger partial charge in [-0.2, -0.15) is 5.10 Å². The summed E-state index contributed by atoms with van der Waals surface area (Å²) in [4.78, 5) is 61.0. The smallest absolute Gasteiger partial charge is 0.169 e. The highest BCUT2D eigenvalue weighted by molar-refractivity contribution is 7.15. The lowest BCUT2D eigenvalue weighted by atomic mass is 9.86. The minimum Gasteiger partial charge on any atom is -0.381 e. The number of Topliss-reactive ketones (excluding diaryl/α,β-unsaturated/α-hetero) is 4. The molecule has 0 bridgehead atoms. The lowest BCUT2D eigenvalue weighted by Gasteiger charge is -2.23. The molecule has 3 aliphatic rings. The zero-order valence-corrected chi connectivity index (χ0v) is 32.4. The number of thiazole rings is 1. The lowest BCUT2D eigenvalue weighted by Crippen LogP contribution is -2.24. The van der Waals surface area contributed by atoms with Crippen LogP contribution < -0.4 is 0 Å². The van der Waals surface area contributed by atoms with Crippen LogP contribution in [-0.4, -0.2) is 56.1 Å². The van der Waals surface area contributed by atoms with E-state index in [0.717, 1.165) is 76.6 Å². The number of hydrogen-bond acceptors (Lipinski definition) is 9. The molecule has 2 aromatic carbocycles. The highest BCUT2D eigenvalue weighted by atomic mass is 32.1. The van der Waals surface area contributed by atoms with Gasteiger partial charge in [0.2, 0.25) is 0 Å². The first kappa shape index (κ1) is 38.3. The molecule has 284 valence electrons. The van der Waals surface area contributed by atoms with Gasteiger partial charge in [0.15, 0.2) is 23.4 Å². The average molecular weight is 761 g/mol. The molecule has 1 saturated heterocycles. The molecular formula is C44H45FN4O5S. The molecule has 11 heteroatoms. The summed E-state index contributed by atoms with van der Waals surface area (Å²) in [5.41, 5.74) is 7.12. The van der Waals surface area contributed by atoms with Crippen LogP contribution >= 0.6 is 11.3 Å². The molecule has 0 spiro atoms. The molecule has 4 heterocycles. The van der Waals surface area contributed by atoms with Crippen LogP contribution in [0.1, 0.15) is 77.1 Å². The van der Waals surface area contributed by atoms with Crippen molar-refractivity contribution in [3.8, 4) is 21.8 Å². The zero-order valence-electron chi connectivity index (χ0n) is 31.6. The molecule has 0 amide bonds. The van der Waals surface area contributed by atoms with Gasteiger partial charge in [0.1, 0.15) is 22.5 Å². The number of carbonyl (C=O) groups is 4. The number of ether oxygens (including phenoxy) is 1. The van der Waals surface area contributed by atoms with E-state index < -0.39 is 23.7 Å². The fourth-order valence-corrected chi connectivity index (χ4v) is 8.84. The van der Waals surface area contributed by atoms with Gasteiger partial charge in [-0.15, -0.1) is 11.3 Å². The number of pyridine rings is 1. The molecule has 0 radical (unpaired) electrons. The highest BCUT2D eigenvalue weighted by Crippen LogP contribution is 2.41. The van der Waals surface area contributed by atoms with Crippen molar-refractivity contribution in [1.82, 2.24) is 19.7 Å². The molecule has 2 saturated carbocycles. The summed E-state index contributed by atoms with van der Waals surface area (Å²) < 4.78 is 20.0. The van der Waals surface area contributed by atoms with Gasteiger partial charge in [-0.1, -0.05) is 59.7 Å². The van der Waals surface area contributed by atoms with Crippen molar-refractivity contribution >= 4 is 34.5 Å². The third-order valence-corrected chi connectivity index (χ3v) is 12.0. The maximum Gasteiger partial charge on any atom is 0.169 e. The summed E-state index contributed by atoms with van der Waals surface area (Å²) in [6.45, 7) is 9.43. The molecule has 2 aliphatic carbocycles. The topological polar surface area (TPSA) is 121 Å². The van der Waals surface area contributed by atoms with E-state index >= 15 is 0 Å². The van der Waals surface area contributed by atoms with E-state index in [9.17, 15) is 23.6 Å². The van der Waals surface area contributed by atoms with E-state index in [1.165, 1.54) is 16.3 Å². The van der Waals surface area contributed by atoms with E-state index in [0.29, 0.717) is 30.1 Å². The van der Waals surface area contributed by atoms with E-state index in [1.807, 2.05) is 63.2 Å². The van der Waals surface area contributed by atoms with Gasteiger partial charge in [-0.3, -0.25) is 28.8 Å². The van der Waals surface area contributed by atoms with Gasteiger partial charge >= 0.3 is 0 Å². The monoisotopic (exact) mass is 760 g/mol. The molecule has 8 rings (SSSR count). The van der Waals surface area contributed by atoms with Crippen molar-refractivity contribution in [3.05, 3.63) is 112 Å². The van der Waals surface area contributed by atoms with Crippen LogP contribution in [0.2, 0.25) is 0 Å². The van der Waals surface area contributed by atoms with Crippen LogP contribution in [0.4, 0.5) is 4.39 Å². The Bertz CT molecular complexity index is 2200. The summed E-state index contributed by atoms with van der Waals surface area (Å²) in [7, 11) is 0. The standard InChI is InChI=1S/C22H20FN3O2.C22H25NO3S/c1-13-3-5-15(6-4-13)19-9-14(2)26(25-19)21-20(27)11-16(22(21)28)10-18-8-7-17(23)12-24-18;1-13-3-5-16(6-4-13)22-23-20(14(2)27-22)19-18(24)12-17(21(19)25)11-15-7-9-26-10-8-15/h3-9,12,16,21H,10-11H2,1-2H3;3-6,15,17,19H,7-12H2,1-2H3. The van der Waals surface area contributed by atoms with Crippen molar-refractivity contribution in [3.63, 3.8) is 0 Å². The molecular weight excluding hydrogens is 716 g/mol. The van der Waals surface area contributed by atoms with Crippen LogP contribution in [0.15, 0.2) is 72.9 Å². The predicted molar refractivity (Wildman–Crippen MR) is 208 cm³/mol. The average Bonchev–Trinajstić information content (AvgIpc) is 3.89. The van der Waals surface area contributed by atoms with Crippen molar-refractivity contribution < 1.29 is 28.3 Å². The molecule has 3 aromatic heterocycles. The molecule has 1 aliphatic heterocycles. The molecule has 55 heavy (non-hydrogen) atoms. The molecule has 4 atom stereocenters. The molecule has 0 N–H and O–H groups in total. The SMILES string of the molecule is Cc1ccc(-c2cc(C)n(C3C(=O)CC(Cc4ccc(F)cn4)C3=O)n2)cc1.Cc1ccc(-c2nc(C3C(=O)CC(CC4CCOCC4)C3=O)c(C)s2)cc1. The Morgan fingerprint density at radius 2 is 1.45 bits per heavy atom. The first-order valence-electron chi connectivity index (χ1n) is 18.9. The Kier molecular flexibility index (Phi) is 11.4. The largest absolute Gasteiger partial charge is 0.381 e. The Balaban J connectivity index is 0.000000169. The number of aromatic nitrogens is 4. The summed E-state index contributed by atoms with van der Waals surface area (Å²) in [6.07, 6.45) is 4.79. The van der Waals surface area contributed by atoms with Gasteiger partial charge in [0.05, 0.1) is 17.6 Å². The van der Waals surface area contributed by atoms with E-state index in [-0.39, 0.29) is 35.5 Å². The van der Waals surface area contributed by atoms with Crippen molar-refractivity contribution in [1.29, 1.82) is 0 Å². The summed E-state index contributed by atoms with van der Waals surface area (Å²) >= 11 is 1.57. The van der Waals surface area contributed by atoms with Crippen molar-refractivity contribution in [2.75, 3.05) is 13.2 Å². The Labute approximate surface area is 324 Å². The van der Waals surface area contributed by atoms with Crippen molar-refractivity contribution in [2.24, 2.45) is 17.8 Å². The number of rotatable bonds is 8. The van der Waals surface area contributed by atoms with Crippen LogP contribution in [0.3, 0.4) is 0 Å². The second-order valence-corrected chi connectivity index (χ2v) is 16.3. The molecule has 9 nitrogen and oxygen atoms in total. The third-order valence-electron chi connectivity index (χ3n) is 11.0. The van der Waals surface area contributed by atoms with Gasteiger partial charge in [0, 0.05) is 65.3 Å². The first-order valence-corrected chi connectivity index (χ1v) is 19.8. The highest BCUT2D eigenvalue weighted by Gasteiger charge is 2.45. The minimum absolute atomic E-state index is 0.0425. The second-order valence-electron chi connectivity index (χ2n) is 15.1. The molecule has 4 unspecified atom stereocenters. The van der Waals surface area contributed by atoms with Gasteiger partial charge in [0.25, 0.3) is 0 Å². The van der Waals surface area contributed by atoms with Gasteiger partial charge < -0.3 is 4.74 Å². The van der Waals surface area contributed by atoms with Crippen LogP contribution in [0.25, 0.3) is 21.8 Å². The Morgan fingerprint density at radius 3 is 2.11 bits per heavy atom. The fraction of sp³-hybridized carbons (Fsp3) is 0.386. The number of hydrogen-bond donors (Lipinski definition) is 0. The quantitative estimate of drug-likeness (QED) is 0.146. The first-order chi connectivity index (χ1) is 26.4. The predicted octanol–water partition coefficient (Wildman–Crippen LogP) is 8.13. The second kappa shape index (κ2) is 16.4. The number of carbonyl (C=O) groups excluding carboxylic acids is 4. The van der Waals surface area contributed by atoms with E-state index in [4.69, 9.17) is 9.72 Å². The zero-order chi connectivity index (χ0) is 38.8. The third kappa shape index (κ3) is 8.48. The van der Waals surface area contributed by atoms with Gasteiger partial charge in [-0.05, 0) is 77.5 Å². The lowest BCUT2D eigenvalue weighted by molar-refractivity contribution is -0.128. The van der Waals surface area contributed by atoms with Gasteiger partial charge in [-0.25, -0.2) is 9.37 Å². The number of nitrogens with zero attached hydrogens (tertiary/aromatic N) is 4. The number of aryl methyl sites for hydroxylation is 4. The minimum atomic E-state index is -0.898. The maximum atomic E-state index is 13.0. The summed E-state index contributed by atoms with van der Waals surface area (Å²) in [5, 5.41) is 5.44. The normalized spacial score (nSPS) is 21.6. The molecule has 3 fully saturated rings. The van der Waals surface area contributed by atoms with E-state index in [1.54, 1.807) is 17.4 Å².